The quantitative estimate of drug-likeness (QED) is 0.607. The van der Waals surface area contributed by atoms with Crippen LogP contribution in [0.15, 0.2) is 22.8 Å². The molecule has 88 valence electrons. The predicted molar refractivity (Wildman–Crippen MR) is 60.8 cm³/mol. The van der Waals surface area contributed by atoms with E-state index >= 15 is 0 Å². The Morgan fingerprint density at radius 2 is 2.24 bits per heavy atom. The standard InChI is InChI=1S/C11H9ClN2O3/c1-6-8(10(15)16-2)9(14-11(12)13-6)7-4-3-5-17-7/h3-5H,1-2H3. The lowest BCUT2D eigenvalue weighted by Gasteiger charge is -2.07. The molecule has 6 heteroatoms. The van der Waals surface area contributed by atoms with Gasteiger partial charge in [-0.3, -0.25) is 0 Å². The fourth-order valence-corrected chi connectivity index (χ4v) is 1.69. The molecule has 0 spiro atoms. The highest BCUT2D eigenvalue weighted by Crippen LogP contribution is 2.25. The van der Waals surface area contributed by atoms with Gasteiger partial charge in [-0.15, -0.1) is 0 Å². The first-order valence-electron chi connectivity index (χ1n) is 4.80. The molecule has 0 aliphatic heterocycles. The van der Waals surface area contributed by atoms with Crippen LogP contribution in [0.3, 0.4) is 0 Å². The number of ether oxygens (including phenoxy) is 1. The SMILES string of the molecule is COC(=O)c1c(C)nc(Cl)nc1-c1ccco1. The molecule has 0 saturated heterocycles. The average molecular weight is 253 g/mol. The van der Waals surface area contributed by atoms with Crippen LogP contribution in [0.1, 0.15) is 16.1 Å². The molecule has 2 rings (SSSR count). The van der Waals surface area contributed by atoms with Crippen LogP contribution < -0.4 is 0 Å². The number of carbonyl (C=O) groups excluding carboxylic acids is 1. The largest absolute Gasteiger partial charge is 0.465 e. The van der Waals surface area contributed by atoms with Gasteiger partial charge in [-0.25, -0.2) is 14.8 Å². The Morgan fingerprint density at radius 1 is 1.47 bits per heavy atom. The zero-order valence-electron chi connectivity index (χ0n) is 9.23. The van der Waals surface area contributed by atoms with Crippen molar-refractivity contribution in [3.63, 3.8) is 0 Å². The number of aryl methyl sites for hydroxylation is 1. The van der Waals surface area contributed by atoms with E-state index in [0.29, 0.717) is 17.1 Å². The van der Waals surface area contributed by atoms with Crippen LogP contribution in [-0.2, 0) is 4.74 Å². The molecule has 0 saturated carbocycles. The molecule has 17 heavy (non-hydrogen) atoms. The fourth-order valence-electron chi connectivity index (χ4n) is 1.48. The number of carbonyl (C=O) groups is 1. The highest BCUT2D eigenvalue weighted by atomic mass is 35.5. The van der Waals surface area contributed by atoms with Gasteiger partial charge >= 0.3 is 5.97 Å². The molecule has 0 aromatic carbocycles. The van der Waals surface area contributed by atoms with Crippen LogP contribution in [0.25, 0.3) is 11.5 Å². The van der Waals surface area contributed by atoms with Crippen LogP contribution in [0.4, 0.5) is 0 Å². The molecular formula is C11H9ClN2O3. The van der Waals surface area contributed by atoms with Crippen molar-refractivity contribution in [2.75, 3.05) is 7.11 Å². The Balaban J connectivity index is 2.68. The van der Waals surface area contributed by atoms with Gasteiger partial charge in [-0.05, 0) is 30.7 Å². The highest BCUT2D eigenvalue weighted by molar-refractivity contribution is 6.28. The monoisotopic (exact) mass is 252 g/mol. The van der Waals surface area contributed by atoms with Crippen molar-refractivity contribution < 1.29 is 13.9 Å². The summed E-state index contributed by atoms with van der Waals surface area (Å²) < 4.78 is 9.90. The number of hydrogen-bond acceptors (Lipinski definition) is 5. The summed E-state index contributed by atoms with van der Waals surface area (Å²) in [6.45, 7) is 1.66. The van der Waals surface area contributed by atoms with E-state index in [1.165, 1.54) is 13.4 Å². The van der Waals surface area contributed by atoms with Crippen molar-refractivity contribution in [1.82, 2.24) is 9.97 Å². The summed E-state index contributed by atoms with van der Waals surface area (Å²) in [7, 11) is 1.29. The molecule has 0 aliphatic carbocycles. The summed E-state index contributed by atoms with van der Waals surface area (Å²) in [6, 6.07) is 3.38. The number of methoxy groups -OCH3 is 1. The molecule has 5 nitrogen and oxygen atoms in total. The second-order valence-corrected chi connectivity index (χ2v) is 3.61. The van der Waals surface area contributed by atoms with E-state index in [4.69, 9.17) is 20.8 Å². The van der Waals surface area contributed by atoms with E-state index in [-0.39, 0.29) is 10.8 Å². The van der Waals surface area contributed by atoms with Gasteiger partial charge in [0.2, 0.25) is 5.28 Å². The van der Waals surface area contributed by atoms with Gasteiger partial charge in [0.1, 0.15) is 11.3 Å². The van der Waals surface area contributed by atoms with E-state index in [2.05, 4.69) is 9.97 Å². The third kappa shape index (κ3) is 2.14. The number of halogens is 1. The lowest BCUT2D eigenvalue weighted by atomic mass is 10.1. The molecule has 0 aliphatic rings. The number of hydrogen-bond donors (Lipinski definition) is 0. The van der Waals surface area contributed by atoms with Gasteiger partial charge < -0.3 is 9.15 Å². The van der Waals surface area contributed by atoms with Crippen LogP contribution in [0, 0.1) is 6.92 Å². The minimum Gasteiger partial charge on any atom is -0.465 e. The number of aromatic nitrogens is 2. The zero-order valence-corrected chi connectivity index (χ0v) is 9.99. The van der Waals surface area contributed by atoms with Crippen LogP contribution in [0.2, 0.25) is 5.28 Å². The summed E-state index contributed by atoms with van der Waals surface area (Å²) in [5, 5.41) is 0.0570. The molecule has 0 unspecified atom stereocenters. The molecule has 0 radical (unpaired) electrons. The lowest BCUT2D eigenvalue weighted by Crippen LogP contribution is -2.09. The van der Waals surface area contributed by atoms with Crippen molar-refractivity contribution in [1.29, 1.82) is 0 Å². The summed E-state index contributed by atoms with van der Waals surface area (Å²) in [5.74, 6) is -0.0802. The molecule has 0 N–H and O–H groups in total. The smallest absolute Gasteiger partial charge is 0.342 e. The minimum atomic E-state index is -0.523. The maximum absolute atomic E-state index is 11.7. The van der Waals surface area contributed by atoms with Gasteiger partial charge in [0, 0.05) is 0 Å². The fraction of sp³-hybridized carbons (Fsp3) is 0.182. The van der Waals surface area contributed by atoms with Gasteiger partial charge in [0.15, 0.2) is 5.76 Å². The highest BCUT2D eigenvalue weighted by Gasteiger charge is 2.21. The Hall–Kier alpha value is -1.88. The van der Waals surface area contributed by atoms with Gasteiger partial charge in [-0.1, -0.05) is 0 Å². The van der Waals surface area contributed by atoms with Gasteiger partial charge in [-0.2, -0.15) is 0 Å². The first kappa shape index (κ1) is 11.6. The molecular weight excluding hydrogens is 244 g/mol. The number of esters is 1. The maximum atomic E-state index is 11.7. The summed E-state index contributed by atoms with van der Waals surface area (Å²) in [6.07, 6.45) is 1.49. The molecule has 0 amide bonds. The van der Waals surface area contributed by atoms with Crippen molar-refractivity contribution in [2.24, 2.45) is 0 Å². The summed E-state index contributed by atoms with van der Waals surface area (Å²) >= 11 is 5.77. The van der Waals surface area contributed by atoms with E-state index in [1.807, 2.05) is 0 Å². The van der Waals surface area contributed by atoms with Crippen molar-refractivity contribution in [2.45, 2.75) is 6.92 Å². The molecule has 2 aromatic rings. The number of furan rings is 1. The molecule has 2 aromatic heterocycles. The van der Waals surface area contributed by atoms with Crippen molar-refractivity contribution in [3.8, 4) is 11.5 Å². The van der Waals surface area contributed by atoms with Crippen LogP contribution >= 0.6 is 11.6 Å². The minimum absolute atomic E-state index is 0.0570. The first-order chi connectivity index (χ1) is 8.13. The number of nitrogens with zero attached hydrogens (tertiary/aromatic N) is 2. The van der Waals surface area contributed by atoms with Gasteiger partial charge in [0.25, 0.3) is 0 Å². The van der Waals surface area contributed by atoms with Crippen molar-refractivity contribution >= 4 is 17.6 Å². The molecule has 0 fully saturated rings. The topological polar surface area (TPSA) is 65.2 Å². The zero-order chi connectivity index (χ0) is 12.4. The first-order valence-corrected chi connectivity index (χ1v) is 5.17. The average Bonchev–Trinajstić information content (AvgIpc) is 2.80. The normalized spacial score (nSPS) is 10.3. The van der Waals surface area contributed by atoms with Gasteiger partial charge in [0.05, 0.1) is 19.1 Å². The van der Waals surface area contributed by atoms with Crippen LogP contribution in [-0.4, -0.2) is 23.0 Å². The lowest BCUT2D eigenvalue weighted by molar-refractivity contribution is 0.0599. The Bertz CT molecular complexity index is 552. The van der Waals surface area contributed by atoms with E-state index in [9.17, 15) is 4.79 Å². The Labute approximate surface area is 102 Å². The number of rotatable bonds is 2. The predicted octanol–water partition coefficient (Wildman–Crippen LogP) is 2.49. The second kappa shape index (κ2) is 4.55. The third-order valence-corrected chi connectivity index (χ3v) is 2.38. The van der Waals surface area contributed by atoms with E-state index < -0.39 is 5.97 Å². The third-order valence-electron chi connectivity index (χ3n) is 2.21. The Morgan fingerprint density at radius 3 is 2.82 bits per heavy atom. The maximum Gasteiger partial charge on any atom is 0.342 e. The van der Waals surface area contributed by atoms with Crippen LogP contribution in [0.5, 0.6) is 0 Å². The van der Waals surface area contributed by atoms with E-state index in [0.717, 1.165) is 0 Å². The summed E-state index contributed by atoms with van der Waals surface area (Å²) in [4.78, 5) is 19.6. The molecule has 2 heterocycles. The summed E-state index contributed by atoms with van der Waals surface area (Å²) in [5.41, 5.74) is 1.04. The van der Waals surface area contributed by atoms with Crippen molar-refractivity contribution in [3.05, 3.63) is 34.9 Å². The van der Waals surface area contributed by atoms with E-state index in [1.54, 1.807) is 19.1 Å². The Kier molecular flexibility index (Phi) is 3.10. The molecule has 0 bridgehead atoms. The second-order valence-electron chi connectivity index (χ2n) is 3.27. The molecule has 0 atom stereocenters.